The van der Waals surface area contributed by atoms with Gasteiger partial charge in [0.05, 0.1) is 10.7 Å². The summed E-state index contributed by atoms with van der Waals surface area (Å²) in [6.07, 6.45) is 2.07. The van der Waals surface area contributed by atoms with E-state index in [0.29, 0.717) is 17.9 Å². The van der Waals surface area contributed by atoms with Crippen LogP contribution in [0.15, 0.2) is 18.2 Å². The maximum Gasteiger partial charge on any atom is 0.273 e. The monoisotopic (exact) mass is 315 g/mol. The van der Waals surface area contributed by atoms with Gasteiger partial charge in [-0.1, -0.05) is 6.92 Å². The lowest BCUT2D eigenvalue weighted by molar-refractivity contribution is -0.384. The summed E-state index contributed by atoms with van der Waals surface area (Å²) >= 11 is 0. The first kappa shape index (κ1) is 17.2. The second kappa shape index (κ2) is 7.26. The van der Waals surface area contributed by atoms with E-state index in [0.717, 1.165) is 6.42 Å². The molecule has 0 amide bonds. The Morgan fingerprint density at radius 1 is 1.33 bits per heavy atom. The zero-order valence-corrected chi connectivity index (χ0v) is 13.3. The normalized spacial score (nSPS) is 11.2. The maximum atomic E-state index is 11.2. The van der Waals surface area contributed by atoms with Crippen molar-refractivity contribution < 1.29 is 13.3 Å². The highest BCUT2D eigenvalue weighted by atomic mass is 32.2. The van der Waals surface area contributed by atoms with Crippen molar-refractivity contribution in [2.75, 3.05) is 42.4 Å². The summed E-state index contributed by atoms with van der Waals surface area (Å²) in [5, 5.41) is 14.1. The third-order valence-electron chi connectivity index (χ3n) is 2.93. The number of hydrogen-bond acceptors (Lipinski definition) is 6. The number of non-ortho nitro benzene ring substituents is 1. The number of nitrogens with zero attached hydrogens (tertiary/aromatic N) is 2. The standard InChI is InChI=1S/C13H21N3O4S/c1-4-5-14-11-8-12(10-13(9-11)16(17)18)15(2)6-7-21(3,19)20/h8-10,14H,4-7H2,1-3H3. The number of nitrogens with one attached hydrogen (secondary N) is 1. The van der Waals surface area contributed by atoms with Crippen LogP contribution in [0, 0.1) is 10.1 Å². The number of anilines is 2. The average Bonchev–Trinajstić information content (AvgIpc) is 2.41. The van der Waals surface area contributed by atoms with Gasteiger partial charge in [-0.3, -0.25) is 10.1 Å². The highest BCUT2D eigenvalue weighted by molar-refractivity contribution is 7.90. The van der Waals surface area contributed by atoms with E-state index >= 15 is 0 Å². The van der Waals surface area contributed by atoms with E-state index in [1.165, 1.54) is 18.4 Å². The second-order valence-electron chi connectivity index (χ2n) is 4.97. The number of rotatable bonds is 8. The van der Waals surface area contributed by atoms with Crippen LogP contribution in [0.25, 0.3) is 0 Å². The van der Waals surface area contributed by atoms with Gasteiger partial charge in [0, 0.05) is 49.9 Å². The van der Waals surface area contributed by atoms with Crippen molar-refractivity contribution in [3.8, 4) is 0 Å². The van der Waals surface area contributed by atoms with Crippen LogP contribution in [-0.4, -0.2) is 45.5 Å². The van der Waals surface area contributed by atoms with E-state index in [1.54, 1.807) is 18.0 Å². The lowest BCUT2D eigenvalue weighted by atomic mass is 10.2. The molecule has 0 fully saturated rings. The maximum absolute atomic E-state index is 11.2. The Balaban J connectivity index is 2.98. The van der Waals surface area contributed by atoms with Gasteiger partial charge in [0.15, 0.2) is 0 Å². The summed E-state index contributed by atoms with van der Waals surface area (Å²) in [7, 11) is -1.35. The molecule has 0 saturated heterocycles. The summed E-state index contributed by atoms with van der Waals surface area (Å²) in [5.74, 6) is 0.00388. The van der Waals surface area contributed by atoms with Gasteiger partial charge in [0.25, 0.3) is 5.69 Å². The Kier molecular flexibility index (Phi) is 5.95. The molecule has 0 aromatic heterocycles. The van der Waals surface area contributed by atoms with E-state index in [-0.39, 0.29) is 18.0 Å². The van der Waals surface area contributed by atoms with Crippen LogP contribution in [0.2, 0.25) is 0 Å². The zero-order chi connectivity index (χ0) is 16.0. The van der Waals surface area contributed by atoms with Crippen molar-refractivity contribution in [3.05, 3.63) is 28.3 Å². The third kappa shape index (κ3) is 5.99. The molecule has 0 saturated carbocycles. The number of sulfone groups is 1. The zero-order valence-electron chi connectivity index (χ0n) is 12.5. The second-order valence-corrected chi connectivity index (χ2v) is 7.23. The van der Waals surface area contributed by atoms with Gasteiger partial charge in [-0.05, 0) is 12.5 Å². The first-order valence-corrected chi connectivity index (χ1v) is 8.71. The predicted molar refractivity (Wildman–Crippen MR) is 84.9 cm³/mol. The molecule has 0 aliphatic carbocycles. The largest absolute Gasteiger partial charge is 0.385 e. The molecule has 21 heavy (non-hydrogen) atoms. The van der Waals surface area contributed by atoms with Crippen molar-refractivity contribution in [3.63, 3.8) is 0 Å². The van der Waals surface area contributed by atoms with Gasteiger partial charge in [-0.25, -0.2) is 8.42 Å². The number of hydrogen-bond donors (Lipinski definition) is 1. The molecule has 0 aliphatic heterocycles. The van der Waals surface area contributed by atoms with Crippen LogP contribution in [0.5, 0.6) is 0 Å². The quantitative estimate of drug-likeness (QED) is 0.582. The molecule has 7 nitrogen and oxygen atoms in total. The SMILES string of the molecule is CCCNc1cc(N(C)CCS(C)(=O)=O)cc([N+](=O)[O-])c1. The lowest BCUT2D eigenvalue weighted by Crippen LogP contribution is -2.25. The van der Waals surface area contributed by atoms with Gasteiger partial charge in [0.1, 0.15) is 9.84 Å². The fourth-order valence-electron chi connectivity index (χ4n) is 1.72. The highest BCUT2D eigenvalue weighted by Crippen LogP contribution is 2.26. The Morgan fingerprint density at radius 2 is 2.00 bits per heavy atom. The van der Waals surface area contributed by atoms with Crippen LogP contribution in [0.3, 0.4) is 0 Å². The van der Waals surface area contributed by atoms with Crippen molar-refractivity contribution >= 4 is 26.9 Å². The fraction of sp³-hybridized carbons (Fsp3) is 0.538. The molecule has 1 rings (SSSR count). The smallest absolute Gasteiger partial charge is 0.273 e. The third-order valence-corrected chi connectivity index (χ3v) is 3.85. The molecule has 0 aliphatic rings. The highest BCUT2D eigenvalue weighted by Gasteiger charge is 2.13. The van der Waals surface area contributed by atoms with Gasteiger partial charge >= 0.3 is 0 Å². The Bertz CT molecular complexity index is 601. The van der Waals surface area contributed by atoms with Gasteiger partial charge < -0.3 is 10.2 Å². The Hall–Kier alpha value is -1.83. The summed E-state index contributed by atoms with van der Waals surface area (Å²) in [6.45, 7) is 3.00. The fourth-order valence-corrected chi connectivity index (χ4v) is 2.33. The summed E-state index contributed by atoms with van der Waals surface area (Å²) in [6, 6.07) is 4.70. The number of benzene rings is 1. The van der Waals surface area contributed by atoms with Crippen molar-refractivity contribution in [1.29, 1.82) is 0 Å². The van der Waals surface area contributed by atoms with Crippen molar-refractivity contribution in [1.82, 2.24) is 0 Å². The van der Waals surface area contributed by atoms with Crippen LogP contribution >= 0.6 is 0 Å². The van der Waals surface area contributed by atoms with E-state index in [4.69, 9.17) is 0 Å². The molecule has 1 N–H and O–H groups in total. The molecule has 0 spiro atoms. The van der Waals surface area contributed by atoms with Gasteiger partial charge in [0.2, 0.25) is 0 Å². The van der Waals surface area contributed by atoms with Crippen molar-refractivity contribution in [2.24, 2.45) is 0 Å². The molecule has 1 aromatic carbocycles. The van der Waals surface area contributed by atoms with Gasteiger partial charge in [-0.2, -0.15) is 0 Å². The van der Waals surface area contributed by atoms with Crippen LogP contribution < -0.4 is 10.2 Å². The molecule has 0 atom stereocenters. The summed E-state index contributed by atoms with van der Waals surface area (Å²) in [5.41, 5.74) is 1.26. The summed E-state index contributed by atoms with van der Waals surface area (Å²) in [4.78, 5) is 12.2. The minimum atomic E-state index is -3.07. The Labute approximate surface area is 125 Å². The summed E-state index contributed by atoms with van der Waals surface area (Å²) < 4.78 is 22.4. The van der Waals surface area contributed by atoms with Crippen molar-refractivity contribution in [2.45, 2.75) is 13.3 Å². The van der Waals surface area contributed by atoms with E-state index in [1.807, 2.05) is 6.92 Å². The molecule has 1 aromatic rings. The molecule has 0 bridgehead atoms. The molecule has 0 radical (unpaired) electrons. The number of nitro groups is 1. The average molecular weight is 315 g/mol. The minimum absolute atomic E-state index is 0.00388. The van der Waals surface area contributed by atoms with Crippen LogP contribution in [0.1, 0.15) is 13.3 Å². The Morgan fingerprint density at radius 3 is 2.52 bits per heavy atom. The van der Waals surface area contributed by atoms with E-state index < -0.39 is 14.8 Å². The molecule has 0 unspecified atom stereocenters. The predicted octanol–water partition coefficient (Wildman–Crippen LogP) is 1.90. The topological polar surface area (TPSA) is 92.6 Å². The first-order chi connectivity index (χ1) is 9.73. The molecule has 0 heterocycles. The molecule has 118 valence electrons. The van der Waals surface area contributed by atoms with E-state index in [9.17, 15) is 18.5 Å². The first-order valence-electron chi connectivity index (χ1n) is 6.65. The van der Waals surface area contributed by atoms with Crippen LogP contribution in [-0.2, 0) is 9.84 Å². The van der Waals surface area contributed by atoms with Gasteiger partial charge in [-0.15, -0.1) is 0 Å². The lowest BCUT2D eigenvalue weighted by Gasteiger charge is -2.19. The molecular formula is C13H21N3O4S. The molecular weight excluding hydrogens is 294 g/mol. The minimum Gasteiger partial charge on any atom is -0.385 e. The molecule has 8 heteroatoms. The van der Waals surface area contributed by atoms with Crippen LogP contribution in [0.4, 0.5) is 17.1 Å². The van der Waals surface area contributed by atoms with E-state index in [2.05, 4.69) is 5.32 Å². The number of nitro benzene ring substituents is 1.